The van der Waals surface area contributed by atoms with Crippen LogP contribution in [0.4, 0.5) is 0 Å². The van der Waals surface area contributed by atoms with Gasteiger partial charge >= 0.3 is 0 Å². The highest BCUT2D eigenvalue weighted by molar-refractivity contribution is 5.81. The van der Waals surface area contributed by atoms with Gasteiger partial charge in [-0.05, 0) is 55.4 Å². The molecule has 1 aliphatic carbocycles. The summed E-state index contributed by atoms with van der Waals surface area (Å²) in [5, 5.41) is 3.17. The van der Waals surface area contributed by atoms with Crippen molar-refractivity contribution in [3.05, 3.63) is 65.2 Å². The average Bonchev–Trinajstić information content (AvgIpc) is 2.62. The largest absolute Gasteiger partial charge is 0.481 e. The molecule has 24 heavy (non-hydrogen) atoms. The predicted molar refractivity (Wildman–Crippen MR) is 96.2 cm³/mol. The van der Waals surface area contributed by atoms with Crippen molar-refractivity contribution in [2.24, 2.45) is 0 Å². The number of rotatable bonds is 5. The second-order valence-corrected chi connectivity index (χ2v) is 6.37. The van der Waals surface area contributed by atoms with Crippen LogP contribution in [0, 0.1) is 0 Å². The third-order valence-corrected chi connectivity index (χ3v) is 4.71. The minimum Gasteiger partial charge on any atom is -0.481 e. The molecule has 3 rings (SSSR count). The first-order valence-corrected chi connectivity index (χ1v) is 8.81. The Kier molecular flexibility index (Phi) is 5.19. The molecule has 0 spiro atoms. The first kappa shape index (κ1) is 16.6. The Labute approximate surface area is 144 Å². The van der Waals surface area contributed by atoms with E-state index in [1.54, 1.807) is 0 Å². The smallest absolute Gasteiger partial charge is 0.261 e. The molecule has 3 heteroatoms. The number of hydrogen-bond acceptors (Lipinski definition) is 2. The summed E-state index contributed by atoms with van der Waals surface area (Å²) in [5.74, 6) is 0.745. The number of carbonyl (C=O) groups excluding carboxylic acids is 1. The Morgan fingerprint density at radius 3 is 2.79 bits per heavy atom. The quantitative estimate of drug-likeness (QED) is 0.895. The van der Waals surface area contributed by atoms with E-state index in [1.807, 2.05) is 37.3 Å². The SMILES string of the molecule is CCc1ccccc1O[C@H](C)C(=O)N[C@@H]1CCCc2ccccc21. The molecular formula is C21H25NO2. The van der Waals surface area contributed by atoms with Gasteiger partial charge in [0.2, 0.25) is 0 Å². The maximum absolute atomic E-state index is 12.6. The number of aryl methyl sites for hydroxylation is 2. The fourth-order valence-corrected chi connectivity index (χ4v) is 3.35. The van der Waals surface area contributed by atoms with E-state index in [0.29, 0.717) is 0 Å². The number of fused-ring (bicyclic) bond motifs is 1. The van der Waals surface area contributed by atoms with Crippen LogP contribution in [-0.2, 0) is 17.6 Å². The van der Waals surface area contributed by atoms with E-state index in [-0.39, 0.29) is 11.9 Å². The molecule has 0 bridgehead atoms. The van der Waals surface area contributed by atoms with Crippen LogP contribution in [0.5, 0.6) is 5.75 Å². The number of nitrogens with one attached hydrogen (secondary N) is 1. The van der Waals surface area contributed by atoms with Crippen molar-refractivity contribution in [1.82, 2.24) is 5.32 Å². The van der Waals surface area contributed by atoms with Gasteiger partial charge < -0.3 is 10.1 Å². The van der Waals surface area contributed by atoms with Gasteiger partial charge in [0.15, 0.2) is 6.10 Å². The molecule has 0 aromatic heterocycles. The molecule has 1 amide bonds. The van der Waals surface area contributed by atoms with Gasteiger partial charge in [0.25, 0.3) is 5.91 Å². The fourth-order valence-electron chi connectivity index (χ4n) is 3.35. The van der Waals surface area contributed by atoms with Gasteiger partial charge in [-0.1, -0.05) is 49.4 Å². The van der Waals surface area contributed by atoms with Gasteiger partial charge in [-0.25, -0.2) is 0 Å². The lowest BCUT2D eigenvalue weighted by Gasteiger charge is -2.27. The maximum Gasteiger partial charge on any atom is 0.261 e. The molecule has 2 aromatic carbocycles. The Morgan fingerprint density at radius 2 is 1.96 bits per heavy atom. The highest BCUT2D eigenvalue weighted by Gasteiger charge is 2.24. The van der Waals surface area contributed by atoms with Crippen LogP contribution in [0.3, 0.4) is 0 Å². The zero-order valence-corrected chi connectivity index (χ0v) is 14.4. The molecule has 0 radical (unpaired) electrons. The van der Waals surface area contributed by atoms with Gasteiger partial charge in [-0.3, -0.25) is 4.79 Å². The van der Waals surface area contributed by atoms with E-state index < -0.39 is 6.10 Å². The zero-order chi connectivity index (χ0) is 16.9. The van der Waals surface area contributed by atoms with Crippen LogP contribution in [0.15, 0.2) is 48.5 Å². The molecule has 2 aromatic rings. The Morgan fingerprint density at radius 1 is 1.21 bits per heavy atom. The van der Waals surface area contributed by atoms with Gasteiger partial charge in [0.05, 0.1) is 6.04 Å². The molecule has 0 heterocycles. The van der Waals surface area contributed by atoms with E-state index in [2.05, 4.69) is 30.4 Å². The number of benzene rings is 2. The predicted octanol–water partition coefficient (Wildman–Crippen LogP) is 4.21. The minimum atomic E-state index is -0.508. The van der Waals surface area contributed by atoms with Crippen molar-refractivity contribution in [1.29, 1.82) is 0 Å². The van der Waals surface area contributed by atoms with Gasteiger partial charge in [0.1, 0.15) is 5.75 Å². The van der Waals surface area contributed by atoms with E-state index >= 15 is 0 Å². The second kappa shape index (κ2) is 7.52. The summed E-state index contributed by atoms with van der Waals surface area (Å²) in [4.78, 5) is 12.6. The van der Waals surface area contributed by atoms with Crippen LogP contribution in [0.25, 0.3) is 0 Å². The molecular weight excluding hydrogens is 298 g/mol. The van der Waals surface area contributed by atoms with E-state index in [0.717, 1.165) is 37.0 Å². The molecule has 3 nitrogen and oxygen atoms in total. The molecule has 126 valence electrons. The van der Waals surface area contributed by atoms with Crippen LogP contribution in [-0.4, -0.2) is 12.0 Å². The number of hydrogen-bond donors (Lipinski definition) is 1. The molecule has 2 atom stereocenters. The number of amides is 1. The fraction of sp³-hybridized carbons (Fsp3) is 0.381. The van der Waals surface area contributed by atoms with Crippen molar-refractivity contribution in [3.8, 4) is 5.75 Å². The summed E-state index contributed by atoms with van der Waals surface area (Å²) in [7, 11) is 0. The van der Waals surface area contributed by atoms with Crippen molar-refractivity contribution < 1.29 is 9.53 Å². The van der Waals surface area contributed by atoms with Gasteiger partial charge in [-0.2, -0.15) is 0 Å². The molecule has 0 saturated heterocycles. The average molecular weight is 323 g/mol. The Balaban J connectivity index is 1.67. The van der Waals surface area contributed by atoms with Crippen LogP contribution in [0.2, 0.25) is 0 Å². The third kappa shape index (κ3) is 3.61. The Hall–Kier alpha value is -2.29. The number of carbonyl (C=O) groups is 1. The second-order valence-electron chi connectivity index (χ2n) is 6.37. The van der Waals surface area contributed by atoms with E-state index in [9.17, 15) is 4.79 Å². The highest BCUT2D eigenvalue weighted by Crippen LogP contribution is 2.29. The van der Waals surface area contributed by atoms with E-state index in [1.165, 1.54) is 11.1 Å². The first-order chi connectivity index (χ1) is 11.7. The minimum absolute atomic E-state index is 0.0531. The monoisotopic (exact) mass is 323 g/mol. The summed E-state index contributed by atoms with van der Waals surface area (Å²) in [5.41, 5.74) is 3.72. The molecule has 0 saturated carbocycles. The van der Waals surface area contributed by atoms with Crippen LogP contribution in [0.1, 0.15) is 49.4 Å². The lowest BCUT2D eigenvalue weighted by atomic mass is 9.87. The lowest BCUT2D eigenvalue weighted by Crippen LogP contribution is -2.39. The van der Waals surface area contributed by atoms with Crippen molar-refractivity contribution in [2.75, 3.05) is 0 Å². The summed E-state index contributed by atoms with van der Waals surface area (Å²) in [6.07, 6.45) is 3.57. The van der Waals surface area contributed by atoms with Gasteiger partial charge in [0, 0.05) is 0 Å². The normalized spacial score (nSPS) is 17.7. The molecule has 1 aliphatic rings. The lowest BCUT2D eigenvalue weighted by molar-refractivity contribution is -0.128. The summed E-state index contributed by atoms with van der Waals surface area (Å²) in [6, 6.07) is 16.4. The van der Waals surface area contributed by atoms with Crippen molar-refractivity contribution >= 4 is 5.91 Å². The molecule has 0 unspecified atom stereocenters. The molecule has 1 N–H and O–H groups in total. The molecule has 0 aliphatic heterocycles. The topological polar surface area (TPSA) is 38.3 Å². The third-order valence-electron chi connectivity index (χ3n) is 4.71. The first-order valence-electron chi connectivity index (χ1n) is 8.81. The van der Waals surface area contributed by atoms with Crippen LogP contribution < -0.4 is 10.1 Å². The standard InChI is InChI=1S/C21H25NO2/c1-3-16-9-5-7-14-20(16)24-15(2)21(23)22-19-13-8-11-17-10-4-6-12-18(17)19/h4-7,9-10,12,14-15,19H,3,8,11,13H2,1-2H3,(H,22,23)/t15-,19-/m1/s1. The molecule has 0 fully saturated rings. The van der Waals surface area contributed by atoms with E-state index in [4.69, 9.17) is 4.74 Å². The maximum atomic E-state index is 12.6. The highest BCUT2D eigenvalue weighted by atomic mass is 16.5. The van der Waals surface area contributed by atoms with Gasteiger partial charge in [-0.15, -0.1) is 0 Å². The summed E-state index contributed by atoms with van der Waals surface area (Å²) < 4.78 is 5.92. The van der Waals surface area contributed by atoms with Crippen molar-refractivity contribution in [2.45, 2.75) is 51.7 Å². The summed E-state index contributed by atoms with van der Waals surface area (Å²) in [6.45, 7) is 3.91. The van der Waals surface area contributed by atoms with Crippen molar-refractivity contribution in [3.63, 3.8) is 0 Å². The number of para-hydroxylation sites is 1. The number of ether oxygens (including phenoxy) is 1. The zero-order valence-electron chi connectivity index (χ0n) is 14.4. The Bertz CT molecular complexity index is 710. The van der Waals surface area contributed by atoms with Crippen LogP contribution >= 0.6 is 0 Å². The summed E-state index contributed by atoms with van der Waals surface area (Å²) >= 11 is 0.